The average molecular weight is 601 g/mol. The SMILES string of the molecule is [2H]C([2H])([2H])C([2H])([2H])n1nc([C@@H](CC(C)(C)C(F)(F)F)c2cn3ncc([C@H](NC(=O)CC4CC(F)(F)C4)C4CC4)cc3n2)cc1C(N)=O. The number of carbonyl (C=O) groups excluding carboxylic acids is 2. The number of alkyl halides is 5. The van der Waals surface area contributed by atoms with Crippen LogP contribution in [0.5, 0.6) is 0 Å². The number of nitrogens with two attached hydrogens (primary N) is 1. The lowest BCUT2D eigenvalue weighted by Crippen LogP contribution is -2.39. The Morgan fingerprint density at radius 3 is 2.55 bits per heavy atom. The van der Waals surface area contributed by atoms with Crippen molar-refractivity contribution in [3.8, 4) is 0 Å². The maximum absolute atomic E-state index is 14.1. The summed E-state index contributed by atoms with van der Waals surface area (Å²) >= 11 is 0. The van der Waals surface area contributed by atoms with E-state index in [0.29, 0.717) is 5.56 Å². The van der Waals surface area contributed by atoms with Crippen molar-refractivity contribution >= 4 is 17.5 Å². The summed E-state index contributed by atoms with van der Waals surface area (Å²) in [6.45, 7) is -4.65. The van der Waals surface area contributed by atoms with Gasteiger partial charge in [-0.25, -0.2) is 18.3 Å². The molecule has 228 valence electrons. The first kappa shape index (κ1) is 23.9. The quantitative estimate of drug-likeness (QED) is 0.295. The Morgan fingerprint density at radius 1 is 1.24 bits per heavy atom. The molecule has 0 spiro atoms. The molecule has 2 saturated carbocycles. The predicted octanol–water partition coefficient (Wildman–Crippen LogP) is 5.16. The van der Waals surface area contributed by atoms with Crippen LogP contribution >= 0.6 is 0 Å². The first-order valence-corrected chi connectivity index (χ1v) is 13.5. The Morgan fingerprint density at radius 2 is 1.95 bits per heavy atom. The highest BCUT2D eigenvalue weighted by Crippen LogP contribution is 2.47. The molecular formula is C28H34F5N7O2. The molecule has 0 bridgehead atoms. The van der Waals surface area contributed by atoms with Crippen molar-refractivity contribution in [3.05, 3.63) is 47.2 Å². The van der Waals surface area contributed by atoms with Gasteiger partial charge in [-0.15, -0.1) is 0 Å². The van der Waals surface area contributed by atoms with E-state index in [1.54, 1.807) is 6.07 Å². The van der Waals surface area contributed by atoms with E-state index >= 15 is 0 Å². The number of primary amides is 1. The van der Waals surface area contributed by atoms with Crippen LogP contribution in [0.4, 0.5) is 22.0 Å². The van der Waals surface area contributed by atoms with Crippen LogP contribution in [-0.4, -0.2) is 48.3 Å². The number of carbonyl (C=O) groups is 2. The first-order valence-electron chi connectivity index (χ1n) is 16.0. The number of hydrogen-bond donors (Lipinski definition) is 2. The third kappa shape index (κ3) is 6.12. The molecule has 5 rings (SSSR count). The highest BCUT2D eigenvalue weighted by molar-refractivity contribution is 5.91. The normalized spacial score (nSPS) is 21.4. The van der Waals surface area contributed by atoms with Gasteiger partial charge in [-0.1, -0.05) is 13.8 Å². The Bertz CT molecular complexity index is 1680. The smallest absolute Gasteiger partial charge is 0.364 e. The van der Waals surface area contributed by atoms with Crippen LogP contribution in [0.2, 0.25) is 0 Å². The standard InChI is InChI=1S/C28H34F5N7O2/c1-4-39-21(25(34)42)9-19(38-39)18(12-26(2,3)28(31,32)33)20-14-40-22(36-20)8-17(13-35-40)24(16-5-6-16)37-23(41)7-15-10-27(29,30)11-15/h8-9,13-16,18,24H,4-7,10-12H2,1-3H3,(H2,34,42)(H,37,41)/t18-,24-/m1/s1/i1D3,4D2. The van der Waals surface area contributed by atoms with E-state index in [1.165, 1.54) is 16.9 Å². The highest BCUT2D eigenvalue weighted by atomic mass is 19.4. The van der Waals surface area contributed by atoms with E-state index in [2.05, 4.69) is 20.5 Å². The molecule has 2 aliphatic carbocycles. The Balaban J connectivity index is 1.51. The van der Waals surface area contributed by atoms with Crippen LogP contribution in [0.3, 0.4) is 0 Å². The minimum atomic E-state index is -4.71. The van der Waals surface area contributed by atoms with Crippen LogP contribution in [-0.2, 0) is 11.3 Å². The van der Waals surface area contributed by atoms with Crippen LogP contribution in [0.15, 0.2) is 24.5 Å². The Labute approximate surface area is 246 Å². The number of amides is 2. The molecule has 0 unspecified atom stereocenters. The van der Waals surface area contributed by atoms with Gasteiger partial charge in [0, 0.05) is 35.8 Å². The van der Waals surface area contributed by atoms with Crippen molar-refractivity contribution in [1.29, 1.82) is 0 Å². The maximum atomic E-state index is 14.1. The fraction of sp³-hybridized carbons (Fsp3) is 0.607. The molecule has 0 aromatic carbocycles. The molecule has 2 amide bonds. The van der Waals surface area contributed by atoms with Gasteiger partial charge in [0.1, 0.15) is 5.69 Å². The second-order valence-corrected chi connectivity index (χ2v) is 12.0. The summed E-state index contributed by atoms with van der Waals surface area (Å²) in [5.41, 5.74) is 2.89. The van der Waals surface area contributed by atoms with Gasteiger partial charge in [0.05, 0.1) is 38.0 Å². The van der Waals surface area contributed by atoms with Crippen LogP contribution in [0.1, 0.15) is 105 Å². The monoisotopic (exact) mass is 600 g/mol. The zero-order valence-electron chi connectivity index (χ0n) is 27.9. The third-order valence-corrected chi connectivity index (χ3v) is 8.06. The van der Waals surface area contributed by atoms with Crippen LogP contribution < -0.4 is 11.1 Å². The number of rotatable bonds is 11. The van der Waals surface area contributed by atoms with Gasteiger partial charge in [0.25, 0.3) is 5.91 Å². The van der Waals surface area contributed by atoms with Gasteiger partial charge >= 0.3 is 6.18 Å². The summed E-state index contributed by atoms with van der Waals surface area (Å²) in [5.74, 6) is -6.04. The molecule has 2 fully saturated rings. The van der Waals surface area contributed by atoms with Crippen molar-refractivity contribution in [2.24, 2.45) is 23.0 Å². The van der Waals surface area contributed by atoms with E-state index in [9.17, 15) is 31.5 Å². The minimum Gasteiger partial charge on any atom is -0.364 e. The summed E-state index contributed by atoms with van der Waals surface area (Å²) in [4.78, 5) is 29.5. The molecule has 2 atom stereocenters. The fourth-order valence-electron chi connectivity index (χ4n) is 5.39. The largest absolute Gasteiger partial charge is 0.394 e. The van der Waals surface area contributed by atoms with Crippen molar-refractivity contribution in [2.45, 2.75) is 89.8 Å². The highest BCUT2D eigenvalue weighted by Gasteiger charge is 2.49. The predicted molar refractivity (Wildman–Crippen MR) is 142 cm³/mol. The number of nitrogens with one attached hydrogen (secondary N) is 1. The van der Waals surface area contributed by atoms with Gasteiger partial charge in [-0.05, 0) is 55.6 Å². The molecule has 14 heteroatoms. The summed E-state index contributed by atoms with van der Waals surface area (Å²) in [6, 6.07) is 2.07. The summed E-state index contributed by atoms with van der Waals surface area (Å²) in [5, 5.41) is 11.2. The van der Waals surface area contributed by atoms with Crippen molar-refractivity contribution in [1.82, 2.24) is 29.7 Å². The average Bonchev–Trinajstić information content (AvgIpc) is 3.49. The number of aromatic nitrogens is 5. The zero-order chi connectivity index (χ0) is 34.9. The molecule has 9 nitrogen and oxygen atoms in total. The first-order chi connectivity index (χ1) is 21.5. The number of hydrogen-bond acceptors (Lipinski definition) is 5. The van der Waals surface area contributed by atoms with E-state index in [1.807, 2.05) is 0 Å². The van der Waals surface area contributed by atoms with Gasteiger partial charge in [-0.2, -0.15) is 23.4 Å². The van der Waals surface area contributed by atoms with Crippen molar-refractivity contribution in [3.63, 3.8) is 0 Å². The molecule has 3 aromatic rings. The molecule has 2 aliphatic rings. The van der Waals surface area contributed by atoms with Gasteiger partial charge in [0.2, 0.25) is 11.8 Å². The van der Waals surface area contributed by atoms with Crippen LogP contribution in [0, 0.1) is 17.3 Å². The zero-order valence-corrected chi connectivity index (χ0v) is 22.9. The second kappa shape index (κ2) is 10.6. The van der Waals surface area contributed by atoms with Gasteiger partial charge < -0.3 is 11.1 Å². The summed E-state index contributed by atoms with van der Waals surface area (Å²) in [6.07, 6.45) is -1.68. The van der Waals surface area contributed by atoms with Crippen LogP contribution in [0.25, 0.3) is 5.65 Å². The van der Waals surface area contributed by atoms with E-state index in [0.717, 1.165) is 32.8 Å². The van der Waals surface area contributed by atoms with E-state index in [-0.39, 0.29) is 52.8 Å². The topological polar surface area (TPSA) is 120 Å². The number of halogens is 5. The number of fused-ring (bicyclic) bond motifs is 1. The second-order valence-electron chi connectivity index (χ2n) is 12.0. The number of aryl methyl sites for hydroxylation is 1. The molecule has 3 N–H and O–H groups in total. The fourth-order valence-corrected chi connectivity index (χ4v) is 5.39. The van der Waals surface area contributed by atoms with Gasteiger partial charge in [-0.3, -0.25) is 14.3 Å². The lowest BCUT2D eigenvalue weighted by atomic mass is 9.79. The Kier molecular flexibility index (Phi) is 6.04. The molecule has 42 heavy (non-hydrogen) atoms. The Hall–Kier alpha value is -3.58. The van der Waals surface area contributed by atoms with E-state index < -0.39 is 66.8 Å². The van der Waals surface area contributed by atoms with Crippen molar-refractivity contribution < 1.29 is 38.4 Å². The van der Waals surface area contributed by atoms with Gasteiger partial charge in [0.15, 0.2) is 5.65 Å². The third-order valence-electron chi connectivity index (χ3n) is 8.06. The number of nitrogens with zero attached hydrogens (tertiary/aromatic N) is 5. The maximum Gasteiger partial charge on any atom is 0.394 e. The number of imidazole rings is 1. The minimum absolute atomic E-state index is 0.0139. The molecule has 3 aromatic heterocycles. The molecular weight excluding hydrogens is 561 g/mol. The summed E-state index contributed by atoms with van der Waals surface area (Å²) in [7, 11) is 0. The lowest BCUT2D eigenvalue weighted by Gasteiger charge is -2.34. The molecule has 0 radical (unpaired) electrons. The van der Waals surface area contributed by atoms with Crippen molar-refractivity contribution in [2.75, 3.05) is 0 Å². The lowest BCUT2D eigenvalue weighted by molar-refractivity contribution is -0.214. The molecule has 0 saturated heterocycles. The molecule has 3 heterocycles. The summed E-state index contributed by atoms with van der Waals surface area (Å²) < 4.78 is 109. The molecule has 0 aliphatic heterocycles. The van der Waals surface area contributed by atoms with E-state index in [4.69, 9.17) is 12.6 Å².